The van der Waals surface area contributed by atoms with E-state index in [0.29, 0.717) is 6.54 Å². The zero-order valence-corrected chi connectivity index (χ0v) is 12.7. The molecule has 114 valence electrons. The molecule has 0 aliphatic rings. The number of aliphatic hydroxyl groups is 1. The molecule has 4 nitrogen and oxygen atoms in total. The largest absolute Gasteiger partial charge is 0.496 e. The van der Waals surface area contributed by atoms with E-state index in [-0.39, 0.29) is 6.10 Å². The fraction of sp³-hybridized carbons (Fsp3) is 0.412. The fourth-order valence-corrected chi connectivity index (χ4v) is 2.39. The van der Waals surface area contributed by atoms with E-state index in [1.54, 1.807) is 14.0 Å². The van der Waals surface area contributed by atoms with Crippen LogP contribution in [0.3, 0.4) is 0 Å². The number of nitrogens with one attached hydrogen (secondary N) is 2. The molecule has 0 aliphatic heterocycles. The van der Waals surface area contributed by atoms with E-state index in [9.17, 15) is 5.11 Å². The smallest absolute Gasteiger partial charge is 0.123 e. The summed E-state index contributed by atoms with van der Waals surface area (Å²) < 4.78 is 5.47. The molecule has 0 spiro atoms. The number of ether oxygens (including phenoxy) is 1. The number of benzene rings is 2. The lowest BCUT2D eigenvalue weighted by molar-refractivity contribution is 0.191. The fourth-order valence-electron chi connectivity index (χ4n) is 2.39. The summed E-state index contributed by atoms with van der Waals surface area (Å²) >= 11 is 0. The molecule has 0 aromatic heterocycles. The Bertz CT molecular complexity index is 570. The van der Waals surface area contributed by atoms with E-state index in [4.69, 9.17) is 4.74 Å². The molecule has 0 radical (unpaired) electrons. The first kappa shape index (κ1) is 15.8. The Morgan fingerprint density at radius 2 is 1.86 bits per heavy atom. The number of fused-ring (bicyclic) bond motifs is 1. The summed E-state index contributed by atoms with van der Waals surface area (Å²) in [5.41, 5.74) is 1.19. The molecular weight excluding hydrogens is 264 g/mol. The summed E-state index contributed by atoms with van der Waals surface area (Å²) in [5, 5.41) is 18.2. The van der Waals surface area contributed by atoms with Crippen molar-refractivity contribution in [3.05, 3.63) is 42.0 Å². The van der Waals surface area contributed by atoms with Crippen molar-refractivity contribution in [2.75, 3.05) is 26.7 Å². The Hall–Kier alpha value is -1.62. The SMILES string of the molecule is COc1ccc2ccccc2c1CNCCNC[C@@H](C)O. The molecule has 0 bridgehead atoms. The monoisotopic (exact) mass is 288 g/mol. The number of aliphatic hydroxyl groups excluding tert-OH is 1. The Morgan fingerprint density at radius 3 is 2.62 bits per heavy atom. The lowest BCUT2D eigenvalue weighted by Crippen LogP contribution is -2.31. The predicted octanol–water partition coefficient (Wildman–Crippen LogP) is 1.91. The van der Waals surface area contributed by atoms with Gasteiger partial charge in [-0.3, -0.25) is 0 Å². The summed E-state index contributed by atoms with van der Waals surface area (Å²) in [4.78, 5) is 0. The second kappa shape index (κ2) is 7.98. The van der Waals surface area contributed by atoms with Crippen LogP contribution in [0, 0.1) is 0 Å². The minimum atomic E-state index is -0.303. The molecule has 0 saturated heterocycles. The zero-order valence-electron chi connectivity index (χ0n) is 12.7. The maximum absolute atomic E-state index is 9.17. The number of hydrogen-bond acceptors (Lipinski definition) is 4. The molecule has 0 heterocycles. The van der Waals surface area contributed by atoms with E-state index in [2.05, 4.69) is 34.9 Å². The van der Waals surface area contributed by atoms with Crippen LogP contribution in [0.2, 0.25) is 0 Å². The van der Waals surface area contributed by atoms with Crippen LogP contribution >= 0.6 is 0 Å². The molecule has 0 saturated carbocycles. The van der Waals surface area contributed by atoms with E-state index in [1.165, 1.54) is 16.3 Å². The van der Waals surface area contributed by atoms with E-state index < -0.39 is 0 Å². The lowest BCUT2D eigenvalue weighted by atomic mass is 10.0. The summed E-state index contributed by atoms with van der Waals surface area (Å²) in [6.07, 6.45) is -0.303. The number of hydrogen-bond donors (Lipinski definition) is 3. The van der Waals surface area contributed by atoms with Crippen molar-refractivity contribution in [3.8, 4) is 5.75 Å². The van der Waals surface area contributed by atoms with Crippen molar-refractivity contribution in [2.24, 2.45) is 0 Å². The molecule has 2 aromatic rings. The van der Waals surface area contributed by atoms with Crippen molar-refractivity contribution in [3.63, 3.8) is 0 Å². The second-order valence-corrected chi connectivity index (χ2v) is 5.20. The molecule has 4 heteroatoms. The molecular formula is C17H24N2O2. The van der Waals surface area contributed by atoms with Crippen LogP contribution in [0.5, 0.6) is 5.75 Å². The number of rotatable bonds is 8. The van der Waals surface area contributed by atoms with Gasteiger partial charge < -0.3 is 20.5 Å². The maximum atomic E-state index is 9.17. The van der Waals surface area contributed by atoms with Crippen LogP contribution < -0.4 is 15.4 Å². The molecule has 1 atom stereocenters. The van der Waals surface area contributed by atoms with Gasteiger partial charge >= 0.3 is 0 Å². The van der Waals surface area contributed by atoms with E-state index >= 15 is 0 Å². The zero-order chi connectivity index (χ0) is 15.1. The summed E-state index contributed by atoms with van der Waals surface area (Å²) in [7, 11) is 1.71. The van der Waals surface area contributed by atoms with Crippen LogP contribution in [-0.4, -0.2) is 38.0 Å². The number of methoxy groups -OCH3 is 1. The first-order chi connectivity index (χ1) is 10.2. The highest BCUT2D eigenvalue weighted by Crippen LogP contribution is 2.27. The molecule has 2 rings (SSSR count). The van der Waals surface area contributed by atoms with Gasteiger partial charge in [-0.05, 0) is 23.8 Å². The normalized spacial score (nSPS) is 12.5. The van der Waals surface area contributed by atoms with Crippen LogP contribution in [0.4, 0.5) is 0 Å². The Balaban J connectivity index is 1.97. The highest BCUT2D eigenvalue weighted by Gasteiger charge is 2.07. The Labute approximate surface area is 126 Å². The average Bonchev–Trinajstić information content (AvgIpc) is 2.50. The molecule has 3 N–H and O–H groups in total. The van der Waals surface area contributed by atoms with Crippen LogP contribution in [0.25, 0.3) is 10.8 Å². The van der Waals surface area contributed by atoms with Gasteiger partial charge in [0.15, 0.2) is 0 Å². The summed E-state index contributed by atoms with van der Waals surface area (Å²) in [6.45, 7) is 4.85. The molecule has 21 heavy (non-hydrogen) atoms. The first-order valence-electron chi connectivity index (χ1n) is 7.36. The molecule has 2 aromatic carbocycles. The third-order valence-corrected chi connectivity index (χ3v) is 3.44. The minimum Gasteiger partial charge on any atom is -0.496 e. The third kappa shape index (κ3) is 4.43. The third-order valence-electron chi connectivity index (χ3n) is 3.44. The van der Waals surface area contributed by atoms with Gasteiger partial charge in [0.1, 0.15) is 5.75 Å². The van der Waals surface area contributed by atoms with Crippen LogP contribution in [0.1, 0.15) is 12.5 Å². The second-order valence-electron chi connectivity index (χ2n) is 5.20. The molecule has 0 amide bonds. The summed E-state index contributed by atoms with van der Waals surface area (Å²) in [5.74, 6) is 0.915. The maximum Gasteiger partial charge on any atom is 0.123 e. The lowest BCUT2D eigenvalue weighted by Gasteiger charge is -2.13. The predicted molar refractivity (Wildman–Crippen MR) is 86.8 cm³/mol. The van der Waals surface area contributed by atoms with Gasteiger partial charge in [0.2, 0.25) is 0 Å². The van der Waals surface area contributed by atoms with E-state index in [1.807, 2.05) is 12.1 Å². The minimum absolute atomic E-state index is 0.303. The van der Waals surface area contributed by atoms with Crippen molar-refractivity contribution in [2.45, 2.75) is 19.6 Å². The Morgan fingerprint density at radius 1 is 1.10 bits per heavy atom. The van der Waals surface area contributed by atoms with Gasteiger partial charge in [0.25, 0.3) is 0 Å². The average molecular weight is 288 g/mol. The van der Waals surface area contributed by atoms with Gasteiger partial charge in [0.05, 0.1) is 13.2 Å². The van der Waals surface area contributed by atoms with Crippen molar-refractivity contribution >= 4 is 10.8 Å². The topological polar surface area (TPSA) is 53.5 Å². The highest BCUT2D eigenvalue weighted by molar-refractivity contribution is 5.87. The quantitative estimate of drug-likeness (QED) is 0.650. The molecule has 0 aliphatic carbocycles. The van der Waals surface area contributed by atoms with Crippen LogP contribution in [0.15, 0.2) is 36.4 Å². The van der Waals surface area contributed by atoms with E-state index in [0.717, 1.165) is 25.4 Å². The van der Waals surface area contributed by atoms with Gasteiger partial charge in [-0.25, -0.2) is 0 Å². The van der Waals surface area contributed by atoms with Crippen molar-refractivity contribution in [1.82, 2.24) is 10.6 Å². The highest BCUT2D eigenvalue weighted by atomic mass is 16.5. The van der Waals surface area contributed by atoms with Crippen molar-refractivity contribution < 1.29 is 9.84 Å². The van der Waals surface area contributed by atoms with Gasteiger partial charge in [-0.2, -0.15) is 0 Å². The standard InChI is InChI=1S/C17H24N2O2/c1-13(20)11-18-9-10-19-12-16-15-6-4-3-5-14(15)7-8-17(16)21-2/h3-8,13,18-20H,9-12H2,1-2H3/t13-/m1/s1. The van der Waals surface area contributed by atoms with Crippen molar-refractivity contribution in [1.29, 1.82) is 0 Å². The molecule has 0 unspecified atom stereocenters. The van der Waals surface area contributed by atoms with Gasteiger partial charge in [0, 0.05) is 31.7 Å². The van der Waals surface area contributed by atoms with Crippen LogP contribution in [-0.2, 0) is 6.54 Å². The summed E-state index contributed by atoms with van der Waals surface area (Å²) in [6, 6.07) is 12.4. The van der Waals surface area contributed by atoms with Gasteiger partial charge in [-0.15, -0.1) is 0 Å². The first-order valence-corrected chi connectivity index (χ1v) is 7.36. The Kier molecular flexibility index (Phi) is 5.99. The van der Waals surface area contributed by atoms with Gasteiger partial charge in [-0.1, -0.05) is 30.3 Å². The molecule has 0 fully saturated rings.